The second-order valence-electron chi connectivity index (χ2n) is 11.1. The van der Waals surface area contributed by atoms with Gasteiger partial charge < -0.3 is 9.80 Å². The molecule has 2 saturated heterocycles. The van der Waals surface area contributed by atoms with Crippen LogP contribution >= 0.6 is 0 Å². The molecule has 29 heavy (non-hydrogen) atoms. The van der Waals surface area contributed by atoms with E-state index in [1.807, 2.05) is 9.80 Å². The molecule has 2 amide bonds. The maximum Gasteiger partial charge on any atom is 0.224 e. The zero-order valence-electron chi connectivity index (χ0n) is 18.0. The summed E-state index contributed by atoms with van der Waals surface area (Å²) in [7, 11) is 0. The number of rotatable bonds is 4. The van der Waals surface area contributed by atoms with Crippen molar-refractivity contribution in [3.8, 4) is 0 Å². The summed E-state index contributed by atoms with van der Waals surface area (Å²) in [5, 5.41) is 0. The fourth-order valence-corrected chi connectivity index (χ4v) is 8.17. The van der Waals surface area contributed by atoms with Crippen molar-refractivity contribution in [2.45, 2.75) is 65.2 Å². The Hall–Kier alpha value is -1.58. The molecule has 4 nitrogen and oxygen atoms in total. The molecule has 4 fully saturated rings. The summed E-state index contributed by atoms with van der Waals surface area (Å²) in [6, 6.07) is 0. The van der Waals surface area contributed by atoms with E-state index in [4.69, 9.17) is 0 Å². The van der Waals surface area contributed by atoms with Crippen LogP contribution in [0.4, 0.5) is 0 Å². The van der Waals surface area contributed by atoms with Crippen LogP contribution < -0.4 is 0 Å². The van der Waals surface area contributed by atoms with Crippen LogP contribution in [-0.2, 0) is 9.59 Å². The van der Waals surface area contributed by atoms with Crippen LogP contribution in [0.1, 0.15) is 65.2 Å². The average Bonchev–Trinajstić information content (AvgIpc) is 3.40. The van der Waals surface area contributed by atoms with Crippen molar-refractivity contribution in [2.75, 3.05) is 19.8 Å². The van der Waals surface area contributed by atoms with E-state index in [0.29, 0.717) is 31.3 Å². The van der Waals surface area contributed by atoms with Crippen LogP contribution in [0.2, 0.25) is 0 Å². The first-order chi connectivity index (χ1) is 13.9. The van der Waals surface area contributed by atoms with Gasteiger partial charge in [-0.1, -0.05) is 37.1 Å². The van der Waals surface area contributed by atoms with Crippen LogP contribution in [-0.4, -0.2) is 41.4 Å². The highest BCUT2D eigenvalue weighted by Gasteiger charge is 2.62. The largest absolute Gasteiger partial charge is 0.324 e. The van der Waals surface area contributed by atoms with Crippen molar-refractivity contribution < 1.29 is 9.59 Å². The lowest BCUT2D eigenvalue weighted by molar-refractivity contribution is -0.134. The van der Waals surface area contributed by atoms with E-state index in [-0.39, 0.29) is 22.6 Å². The predicted molar refractivity (Wildman–Crippen MR) is 112 cm³/mol. The van der Waals surface area contributed by atoms with Gasteiger partial charge in [0, 0.05) is 36.8 Å². The summed E-state index contributed by atoms with van der Waals surface area (Å²) in [6.07, 6.45) is 13.6. The van der Waals surface area contributed by atoms with Crippen molar-refractivity contribution in [3.63, 3.8) is 0 Å². The van der Waals surface area contributed by atoms with Crippen LogP contribution in [0.5, 0.6) is 0 Å². The highest BCUT2D eigenvalue weighted by molar-refractivity contribution is 5.83. The number of carbonyl (C=O) groups is 2. The molecule has 0 N–H and O–H groups in total. The molecule has 6 unspecified atom stereocenters. The molecule has 6 aliphatic rings. The lowest BCUT2D eigenvalue weighted by Crippen LogP contribution is -2.49. The Bertz CT molecular complexity index is 776. The summed E-state index contributed by atoms with van der Waals surface area (Å²) in [6.45, 7) is 6.76. The number of hydrogen-bond acceptors (Lipinski definition) is 2. The van der Waals surface area contributed by atoms with Gasteiger partial charge in [0.15, 0.2) is 0 Å². The van der Waals surface area contributed by atoms with Gasteiger partial charge >= 0.3 is 0 Å². The second-order valence-corrected chi connectivity index (χ2v) is 11.1. The van der Waals surface area contributed by atoms with Gasteiger partial charge in [0.05, 0.1) is 6.67 Å². The molecule has 2 heterocycles. The maximum atomic E-state index is 12.9. The number of allylic oxidation sites excluding steroid dienone is 4. The number of nitrogens with zero attached hydrogens (tertiary/aromatic N) is 2. The highest BCUT2D eigenvalue weighted by atomic mass is 16.2. The smallest absolute Gasteiger partial charge is 0.224 e. The average molecular weight is 395 g/mol. The molecular formula is C25H34N2O2. The van der Waals surface area contributed by atoms with Gasteiger partial charge in [-0.15, -0.1) is 0 Å². The quantitative estimate of drug-likeness (QED) is 0.673. The number of amides is 2. The van der Waals surface area contributed by atoms with Crippen LogP contribution in [0, 0.1) is 34.5 Å². The minimum atomic E-state index is 0.172. The van der Waals surface area contributed by atoms with Crippen LogP contribution in [0.3, 0.4) is 0 Å². The van der Waals surface area contributed by atoms with Gasteiger partial charge in [0.1, 0.15) is 0 Å². The maximum absolute atomic E-state index is 12.9. The number of hydrogen-bond donors (Lipinski definition) is 0. The number of fused-ring (bicyclic) bond motifs is 4. The van der Waals surface area contributed by atoms with Gasteiger partial charge in [0.2, 0.25) is 11.8 Å². The lowest BCUT2D eigenvalue weighted by atomic mass is 9.54. The molecular weight excluding hydrogens is 360 g/mol. The van der Waals surface area contributed by atoms with Crippen molar-refractivity contribution >= 4 is 11.8 Å². The topological polar surface area (TPSA) is 40.6 Å². The van der Waals surface area contributed by atoms with Crippen molar-refractivity contribution in [2.24, 2.45) is 34.5 Å². The fourth-order valence-electron chi connectivity index (χ4n) is 8.17. The molecule has 0 aromatic rings. The molecule has 2 spiro atoms. The van der Waals surface area contributed by atoms with Gasteiger partial charge in [-0.2, -0.15) is 0 Å². The molecule has 6 atom stereocenters. The van der Waals surface area contributed by atoms with Gasteiger partial charge in [-0.05, 0) is 62.2 Å². The van der Waals surface area contributed by atoms with Gasteiger partial charge in [0.25, 0.3) is 0 Å². The third-order valence-electron chi connectivity index (χ3n) is 9.62. The Balaban J connectivity index is 1.13. The summed E-state index contributed by atoms with van der Waals surface area (Å²) in [4.78, 5) is 29.8. The minimum absolute atomic E-state index is 0.172. The summed E-state index contributed by atoms with van der Waals surface area (Å²) in [5.74, 6) is 3.32. The Labute approximate surface area is 174 Å². The standard InChI is InChI=1S/C25H34N2O2/c1-3-16-5-18-9-24(20(18)7-16)11-22(28)26(13-24)15-27-14-25(12-23(27)29)10-19-6-17(4-2)8-21(19)25/h7-8,18-21H,3-6,9-15H2,1-2H3. The van der Waals surface area contributed by atoms with E-state index in [1.54, 1.807) is 11.1 Å². The SMILES string of the molecule is CCC1=CC2C(C1)CC21CC(=O)N(CN2CC3(CC2=O)CC2CC(CC)=CC23)C1. The minimum Gasteiger partial charge on any atom is -0.324 e. The first-order valence-electron chi connectivity index (χ1n) is 11.9. The summed E-state index contributed by atoms with van der Waals surface area (Å²) in [5.41, 5.74) is 3.53. The van der Waals surface area contributed by atoms with E-state index >= 15 is 0 Å². The van der Waals surface area contributed by atoms with E-state index in [2.05, 4.69) is 26.0 Å². The Morgan fingerprint density at radius 2 is 1.28 bits per heavy atom. The van der Waals surface area contributed by atoms with E-state index in [1.165, 1.54) is 25.7 Å². The molecule has 0 radical (unpaired) electrons. The molecule has 0 bridgehead atoms. The van der Waals surface area contributed by atoms with Crippen molar-refractivity contribution in [3.05, 3.63) is 23.3 Å². The van der Waals surface area contributed by atoms with Crippen molar-refractivity contribution in [1.29, 1.82) is 0 Å². The van der Waals surface area contributed by atoms with Gasteiger partial charge in [-0.3, -0.25) is 9.59 Å². The van der Waals surface area contributed by atoms with E-state index in [0.717, 1.165) is 37.8 Å². The molecule has 2 aliphatic heterocycles. The highest BCUT2D eigenvalue weighted by Crippen LogP contribution is 2.64. The predicted octanol–water partition coefficient (Wildman–Crippen LogP) is 4.13. The Morgan fingerprint density at radius 1 is 0.828 bits per heavy atom. The van der Waals surface area contributed by atoms with Crippen molar-refractivity contribution in [1.82, 2.24) is 9.80 Å². The second kappa shape index (κ2) is 5.98. The van der Waals surface area contributed by atoms with E-state index in [9.17, 15) is 9.59 Å². The van der Waals surface area contributed by atoms with Gasteiger partial charge in [-0.25, -0.2) is 0 Å². The Kier molecular flexibility index (Phi) is 3.76. The Morgan fingerprint density at radius 3 is 1.69 bits per heavy atom. The molecule has 0 aromatic heterocycles. The molecule has 6 rings (SSSR count). The van der Waals surface area contributed by atoms with E-state index < -0.39 is 0 Å². The lowest BCUT2D eigenvalue weighted by Gasteiger charge is -2.50. The zero-order chi connectivity index (χ0) is 20.0. The molecule has 156 valence electrons. The first kappa shape index (κ1) is 18.2. The molecule has 0 aromatic carbocycles. The molecule has 2 saturated carbocycles. The first-order valence-corrected chi connectivity index (χ1v) is 11.9. The monoisotopic (exact) mass is 394 g/mol. The third-order valence-corrected chi connectivity index (χ3v) is 9.62. The number of likely N-dealkylation sites (tertiary alicyclic amines) is 2. The van der Waals surface area contributed by atoms with Crippen LogP contribution in [0.15, 0.2) is 23.3 Å². The third kappa shape index (κ3) is 2.44. The van der Waals surface area contributed by atoms with Crippen LogP contribution in [0.25, 0.3) is 0 Å². The number of carbonyl (C=O) groups excluding carboxylic acids is 2. The normalized spacial score (nSPS) is 44.9. The summed E-state index contributed by atoms with van der Waals surface area (Å²) >= 11 is 0. The summed E-state index contributed by atoms with van der Waals surface area (Å²) < 4.78 is 0. The fraction of sp³-hybridized carbons (Fsp3) is 0.760. The molecule has 4 aliphatic carbocycles. The molecule has 4 heteroatoms. The zero-order valence-corrected chi connectivity index (χ0v) is 18.0.